The third-order valence-corrected chi connectivity index (χ3v) is 3.49. The lowest BCUT2D eigenvalue weighted by molar-refractivity contribution is -0.123. The van der Waals surface area contributed by atoms with E-state index in [1.54, 1.807) is 14.2 Å². The van der Waals surface area contributed by atoms with Crippen LogP contribution < -0.4 is 5.32 Å². The molecule has 0 aromatic carbocycles. The minimum absolute atomic E-state index is 0.136. The highest BCUT2D eigenvalue weighted by atomic mass is 16.7. The van der Waals surface area contributed by atoms with Gasteiger partial charge in [0, 0.05) is 20.3 Å². The second kappa shape index (κ2) is 5.83. The molecule has 90 valence electrons. The Labute approximate surface area is 93.5 Å². The fraction of sp³-hybridized carbons (Fsp3) is 1.00. The molecule has 1 fully saturated rings. The van der Waals surface area contributed by atoms with Crippen molar-refractivity contribution >= 4 is 0 Å². The van der Waals surface area contributed by atoms with E-state index in [1.807, 2.05) is 0 Å². The molecule has 0 aromatic heterocycles. The second-order valence-corrected chi connectivity index (χ2v) is 4.97. The van der Waals surface area contributed by atoms with Crippen molar-refractivity contribution in [3.8, 4) is 0 Å². The number of hydrogen-bond acceptors (Lipinski definition) is 3. The molecule has 3 heteroatoms. The molecule has 0 radical (unpaired) electrons. The molecule has 1 N–H and O–H groups in total. The average molecular weight is 215 g/mol. The van der Waals surface area contributed by atoms with E-state index in [9.17, 15) is 0 Å². The quantitative estimate of drug-likeness (QED) is 0.688. The maximum absolute atomic E-state index is 5.22. The first-order valence-corrected chi connectivity index (χ1v) is 5.90. The van der Waals surface area contributed by atoms with Crippen molar-refractivity contribution < 1.29 is 9.47 Å². The molecule has 0 amide bonds. The second-order valence-electron chi connectivity index (χ2n) is 4.97. The summed E-state index contributed by atoms with van der Waals surface area (Å²) in [5.41, 5.74) is 0. The summed E-state index contributed by atoms with van der Waals surface area (Å²) in [6.45, 7) is 6.72. The van der Waals surface area contributed by atoms with Gasteiger partial charge in [0.15, 0.2) is 6.29 Å². The lowest BCUT2D eigenvalue weighted by Gasteiger charge is -2.41. The Kier molecular flexibility index (Phi) is 5.03. The monoisotopic (exact) mass is 215 g/mol. The van der Waals surface area contributed by atoms with Gasteiger partial charge >= 0.3 is 0 Å². The standard InChI is InChI=1S/C12H25NO2/c1-8(2)10-6-11(7-10)13-9(3)12(14-4)15-5/h8-13H,6-7H2,1-5H3. The molecule has 1 rings (SSSR count). The van der Waals surface area contributed by atoms with Gasteiger partial charge in [-0.2, -0.15) is 0 Å². The van der Waals surface area contributed by atoms with Crippen molar-refractivity contribution in [2.75, 3.05) is 14.2 Å². The Morgan fingerprint density at radius 1 is 1.07 bits per heavy atom. The average Bonchev–Trinajstić information content (AvgIpc) is 2.12. The van der Waals surface area contributed by atoms with Gasteiger partial charge in [-0.1, -0.05) is 13.8 Å². The lowest BCUT2D eigenvalue weighted by Crippen LogP contribution is -2.51. The van der Waals surface area contributed by atoms with Crippen LogP contribution in [0.5, 0.6) is 0 Å². The number of nitrogens with one attached hydrogen (secondary N) is 1. The van der Waals surface area contributed by atoms with Crippen LogP contribution in [0.25, 0.3) is 0 Å². The van der Waals surface area contributed by atoms with Crippen molar-refractivity contribution in [2.45, 2.75) is 52.0 Å². The van der Waals surface area contributed by atoms with Crippen molar-refractivity contribution in [1.29, 1.82) is 0 Å². The summed E-state index contributed by atoms with van der Waals surface area (Å²) in [5, 5.41) is 3.55. The Hall–Kier alpha value is -0.120. The van der Waals surface area contributed by atoms with Gasteiger partial charge < -0.3 is 14.8 Å². The number of ether oxygens (including phenoxy) is 2. The fourth-order valence-corrected chi connectivity index (χ4v) is 2.30. The molecule has 0 saturated heterocycles. The first-order chi connectivity index (χ1) is 7.08. The van der Waals surface area contributed by atoms with Gasteiger partial charge in [0.1, 0.15) is 0 Å². The van der Waals surface area contributed by atoms with Gasteiger partial charge in [-0.05, 0) is 31.6 Å². The SMILES string of the molecule is COC(OC)C(C)NC1CC(C(C)C)C1. The Bertz CT molecular complexity index is 174. The molecule has 1 unspecified atom stereocenters. The first kappa shape index (κ1) is 12.9. The number of methoxy groups -OCH3 is 2. The van der Waals surface area contributed by atoms with E-state index in [-0.39, 0.29) is 12.3 Å². The molecule has 1 atom stereocenters. The van der Waals surface area contributed by atoms with Crippen LogP contribution in [0, 0.1) is 11.8 Å². The Balaban J connectivity index is 2.20. The van der Waals surface area contributed by atoms with E-state index in [0.29, 0.717) is 6.04 Å². The van der Waals surface area contributed by atoms with E-state index < -0.39 is 0 Å². The highest BCUT2D eigenvalue weighted by Gasteiger charge is 2.32. The predicted octanol–water partition coefficient (Wildman–Crippen LogP) is 2.02. The van der Waals surface area contributed by atoms with Crippen LogP contribution in [0.1, 0.15) is 33.6 Å². The summed E-state index contributed by atoms with van der Waals surface area (Å²) < 4.78 is 10.4. The molecule has 3 nitrogen and oxygen atoms in total. The molecule has 0 aliphatic heterocycles. The summed E-state index contributed by atoms with van der Waals surface area (Å²) >= 11 is 0. The number of rotatable bonds is 6. The number of hydrogen-bond donors (Lipinski definition) is 1. The van der Waals surface area contributed by atoms with Crippen molar-refractivity contribution in [2.24, 2.45) is 11.8 Å². The summed E-state index contributed by atoms with van der Waals surface area (Å²) in [6, 6.07) is 0.915. The van der Waals surface area contributed by atoms with Crippen molar-refractivity contribution in [1.82, 2.24) is 5.32 Å². The van der Waals surface area contributed by atoms with Crippen LogP contribution >= 0.6 is 0 Å². The van der Waals surface area contributed by atoms with Crippen LogP contribution in [0.2, 0.25) is 0 Å². The molecule has 1 aliphatic rings. The van der Waals surface area contributed by atoms with Gasteiger partial charge in [-0.15, -0.1) is 0 Å². The summed E-state index contributed by atoms with van der Waals surface area (Å²) in [7, 11) is 3.37. The third kappa shape index (κ3) is 3.44. The maximum atomic E-state index is 5.22. The third-order valence-electron chi connectivity index (χ3n) is 3.49. The molecule has 0 heterocycles. The molecular weight excluding hydrogens is 190 g/mol. The largest absolute Gasteiger partial charge is 0.354 e. The van der Waals surface area contributed by atoms with E-state index in [4.69, 9.17) is 9.47 Å². The molecule has 15 heavy (non-hydrogen) atoms. The summed E-state index contributed by atoms with van der Waals surface area (Å²) in [5.74, 6) is 1.72. The van der Waals surface area contributed by atoms with Crippen LogP contribution in [0.4, 0.5) is 0 Å². The topological polar surface area (TPSA) is 30.5 Å². The van der Waals surface area contributed by atoms with Gasteiger partial charge in [0.25, 0.3) is 0 Å². The lowest BCUT2D eigenvalue weighted by atomic mass is 9.73. The normalized spacial score (nSPS) is 28.2. The molecule has 1 aliphatic carbocycles. The summed E-state index contributed by atoms with van der Waals surface area (Å²) in [4.78, 5) is 0. The van der Waals surface area contributed by atoms with Gasteiger partial charge in [0.05, 0.1) is 6.04 Å². The van der Waals surface area contributed by atoms with Gasteiger partial charge in [-0.3, -0.25) is 0 Å². The van der Waals surface area contributed by atoms with Crippen LogP contribution in [-0.2, 0) is 9.47 Å². The fourth-order valence-electron chi connectivity index (χ4n) is 2.30. The smallest absolute Gasteiger partial charge is 0.171 e. The van der Waals surface area contributed by atoms with E-state index in [0.717, 1.165) is 11.8 Å². The van der Waals surface area contributed by atoms with Crippen molar-refractivity contribution in [3.05, 3.63) is 0 Å². The zero-order valence-corrected chi connectivity index (χ0v) is 10.6. The molecule has 0 spiro atoms. The minimum atomic E-state index is -0.136. The zero-order chi connectivity index (χ0) is 11.4. The maximum Gasteiger partial charge on any atom is 0.171 e. The van der Waals surface area contributed by atoms with E-state index in [1.165, 1.54) is 12.8 Å². The molecule has 0 aromatic rings. The van der Waals surface area contributed by atoms with Crippen LogP contribution in [-0.4, -0.2) is 32.6 Å². The molecule has 1 saturated carbocycles. The van der Waals surface area contributed by atoms with Gasteiger partial charge in [-0.25, -0.2) is 0 Å². The Morgan fingerprint density at radius 2 is 1.60 bits per heavy atom. The molecule has 0 bridgehead atoms. The minimum Gasteiger partial charge on any atom is -0.354 e. The first-order valence-electron chi connectivity index (χ1n) is 5.90. The van der Waals surface area contributed by atoms with Gasteiger partial charge in [0.2, 0.25) is 0 Å². The zero-order valence-electron chi connectivity index (χ0n) is 10.6. The molecular formula is C12H25NO2. The highest BCUT2D eigenvalue weighted by molar-refractivity contribution is 4.88. The highest BCUT2D eigenvalue weighted by Crippen LogP contribution is 2.33. The van der Waals surface area contributed by atoms with Crippen LogP contribution in [0.15, 0.2) is 0 Å². The predicted molar refractivity (Wildman–Crippen MR) is 61.8 cm³/mol. The van der Waals surface area contributed by atoms with Crippen LogP contribution in [0.3, 0.4) is 0 Å². The summed E-state index contributed by atoms with van der Waals surface area (Å²) in [6.07, 6.45) is 2.45. The van der Waals surface area contributed by atoms with E-state index >= 15 is 0 Å². The van der Waals surface area contributed by atoms with Crippen molar-refractivity contribution in [3.63, 3.8) is 0 Å². The Morgan fingerprint density at radius 3 is 2.00 bits per heavy atom. The van der Waals surface area contributed by atoms with E-state index in [2.05, 4.69) is 26.1 Å².